The first-order chi connectivity index (χ1) is 10.3. The van der Waals surface area contributed by atoms with Gasteiger partial charge in [-0.1, -0.05) is 6.07 Å². The first-order valence-electron chi connectivity index (χ1n) is 7.07. The highest BCUT2D eigenvalue weighted by molar-refractivity contribution is 7.10. The fourth-order valence-electron chi connectivity index (χ4n) is 2.42. The zero-order valence-electron chi connectivity index (χ0n) is 11.8. The number of pyridine rings is 1. The van der Waals surface area contributed by atoms with E-state index in [2.05, 4.69) is 31.6 Å². The number of thiophene rings is 1. The molecule has 0 saturated carbocycles. The van der Waals surface area contributed by atoms with E-state index in [1.807, 2.05) is 29.5 Å². The number of nitrogens with one attached hydrogen (secondary N) is 1. The molecule has 0 unspecified atom stereocenters. The smallest absolute Gasteiger partial charge is 0.194 e. The van der Waals surface area contributed by atoms with Crippen LogP contribution in [0.1, 0.15) is 10.4 Å². The molecular weight excluding hydrogens is 282 g/mol. The van der Waals surface area contributed by atoms with Crippen LogP contribution in [0.15, 0.2) is 40.8 Å². The minimum atomic E-state index is 0.418. The van der Waals surface area contributed by atoms with Crippen molar-refractivity contribution in [1.82, 2.24) is 9.88 Å². The Kier molecular flexibility index (Phi) is 4.47. The molecule has 0 spiro atoms. The highest BCUT2D eigenvalue weighted by Crippen LogP contribution is 2.23. The molecule has 3 heterocycles. The molecule has 0 saturated heterocycles. The number of anilines is 1. The summed E-state index contributed by atoms with van der Waals surface area (Å²) < 4.78 is 0. The molecule has 0 bridgehead atoms. The molecule has 6 heteroatoms. The fraction of sp³-hybridized carbons (Fsp3) is 0.333. The number of fused-ring (bicyclic) bond motifs is 1. The number of nitrogens with zero attached hydrogens (tertiary/aromatic N) is 3. The summed E-state index contributed by atoms with van der Waals surface area (Å²) in [5.41, 5.74) is 7.33. The van der Waals surface area contributed by atoms with Crippen molar-refractivity contribution >= 4 is 23.1 Å². The molecule has 5 nitrogen and oxygen atoms in total. The lowest BCUT2D eigenvalue weighted by Gasteiger charge is -2.26. The summed E-state index contributed by atoms with van der Waals surface area (Å²) in [7, 11) is 0. The molecule has 0 fully saturated rings. The fourth-order valence-corrected chi connectivity index (χ4v) is 3.31. The van der Waals surface area contributed by atoms with E-state index in [4.69, 9.17) is 5.73 Å². The molecule has 110 valence electrons. The van der Waals surface area contributed by atoms with Crippen molar-refractivity contribution in [2.75, 3.05) is 25.0 Å². The van der Waals surface area contributed by atoms with Crippen LogP contribution in [0.5, 0.6) is 0 Å². The molecule has 3 rings (SSSR count). The van der Waals surface area contributed by atoms with Gasteiger partial charge in [-0.3, -0.25) is 9.89 Å². The minimum Gasteiger partial charge on any atom is -0.370 e. The quantitative estimate of drug-likeness (QED) is 0.669. The van der Waals surface area contributed by atoms with Gasteiger partial charge in [0.2, 0.25) is 0 Å². The number of nitrogens with two attached hydrogens (primary N) is 1. The van der Waals surface area contributed by atoms with Crippen LogP contribution in [-0.2, 0) is 13.0 Å². The van der Waals surface area contributed by atoms with E-state index in [9.17, 15) is 0 Å². The molecule has 1 aliphatic rings. The lowest BCUT2D eigenvalue weighted by Crippen LogP contribution is -2.32. The van der Waals surface area contributed by atoms with Crippen molar-refractivity contribution in [3.63, 3.8) is 0 Å². The first-order valence-corrected chi connectivity index (χ1v) is 7.95. The van der Waals surface area contributed by atoms with Crippen molar-refractivity contribution in [2.45, 2.75) is 13.0 Å². The molecule has 21 heavy (non-hydrogen) atoms. The SMILES string of the molecule is NC(=NCCN1CCc2sccc2C1)Nc1ccccn1. The Balaban J connectivity index is 1.46. The van der Waals surface area contributed by atoms with Gasteiger partial charge in [-0.05, 0) is 35.6 Å². The third-order valence-electron chi connectivity index (χ3n) is 3.51. The Labute approximate surface area is 128 Å². The van der Waals surface area contributed by atoms with E-state index in [1.165, 1.54) is 10.4 Å². The van der Waals surface area contributed by atoms with Crippen LogP contribution < -0.4 is 11.1 Å². The molecule has 0 atom stereocenters. The Morgan fingerprint density at radius 3 is 3.24 bits per heavy atom. The van der Waals surface area contributed by atoms with Gasteiger partial charge in [0.1, 0.15) is 5.82 Å². The predicted octanol–water partition coefficient (Wildman–Crippen LogP) is 1.93. The molecular formula is C15H19N5S. The van der Waals surface area contributed by atoms with Crippen LogP contribution >= 0.6 is 11.3 Å². The van der Waals surface area contributed by atoms with Gasteiger partial charge in [-0.15, -0.1) is 11.3 Å². The third-order valence-corrected chi connectivity index (χ3v) is 4.53. The van der Waals surface area contributed by atoms with Crippen LogP contribution in [0.4, 0.5) is 5.82 Å². The van der Waals surface area contributed by atoms with Gasteiger partial charge in [-0.25, -0.2) is 4.98 Å². The lowest BCUT2D eigenvalue weighted by atomic mass is 10.1. The summed E-state index contributed by atoms with van der Waals surface area (Å²) in [5, 5.41) is 5.17. The predicted molar refractivity (Wildman–Crippen MR) is 87.6 cm³/mol. The molecule has 0 aromatic carbocycles. The number of aromatic nitrogens is 1. The number of hydrogen-bond acceptors (Lipinski definition) is 4. The van der Waals surface area contributed by atoms with Crippen molar-refractivity contribution in [1.29, 1.82) is 0 Å². The summed E-state index contributed by atoms with van der Waals surface area (Å²) in [4.78, 5) is 12.5. The van der Waals surface area contributed by atoms with Crippen molar-refractivity contribution in [3.8, 4) is 0 Å². The van der Waals surface area contributed by atoms with Gasteiger partial charge >= 0.3 is 0 Å². The Hall–Kier alpha value is -1.92. The van der Waals surface area contributed by atoms with E-state index < -0.39 is 0 Å². The van der Waals surface area contributed by atoms with E-state index >= 15 is 0 Å². The van der Waals surface area contributed by atoms with Gasteiger partial charge in [0.15, 0.2) is 5.96 Å². The average Bonchev–Trinajstić information content (AvgIpc) is 2.96. The largest absolute Gasteiger partial charge is 0.370 e. The molecule has 2 aromatic heterocycles. The highest BCUT2D eigenvalue weighted by atomic mass is 32.1. The normalized spacial score (nSPS) is 15.7. The maximum atomic E-state index is 5.86. The molecule has 1 aliphatic heterocycles. The second-order valence-electron chi connectivity index (χ2n) is 5.00. The average molecular weight is 301 g/mol. The van der Waals surface area contributed by atoms with Gasteiger partial charge < -0.3 is 11.1 Å². The number of rotatable bonds is 4. The van der Waals surface area contributed by atoms with E-state index in [0.29, 0.717) is 12.5 Å². The van der Waals surface area contributed by atoms with Gasteiger partial charge in [0.25, 0.3) is 0 Å². The maximum absolute atomic E-state index is 5.86. The van der Waals surface area contributed by atoms with E-state index in [1.54, 1.807) is 6.20 Å². The number of aliphatic imine (C=N–C) groups is 1. The van der Waals surface area contributed by atoms with Crippen LogP contribution in [0.25, 0.3) is 0 Å². The Morgan fingerprint density at radius 1 is 1.43 bits per heavy atom. The van der Waals surface area contributed by atoms with Crippen LogP contribution in [0.2, 0.25) is 0 Å². The molecule has 3 N–H and O–H groups in total. The summed E-state index contributed by atoms with van der Waals surface area (Å²) in [6, 6.07) is 7.87. The second-order valence-corrected chi connectivity index (χ2v) is 6.00. The summed E-state index contributed by atoms with van der Waals surface area (Å²) in [5.74, 6) is 1.14. The summed E-state index contributed by atoms with van der Waals surface area (Å²) in [6.45, 7) is 3.77. The maximum Gasteiger partial charge on any atom is 0.194 e. The van der Waals surface area contributed by atoms with Crippen molar-refractivity contribution < 1.29 is 0 Å². The second kappa shape index (κ2) is 6.69. The van der Waals surface area contributed by atoms with Gasteiger partial charge in [0, 0.05) is 30.7 Å². The van der Waals surface area contributed by atoms with Crippen molar-refractivity contribution in [3.05, 3.63) is 46.3 Å². The molecule has 2 aromatic rings. The molecule has 0 aliphatic carbocycles. The zero-order valence-corrected chi connectivity index (χ0v) is 12.6. The topological polar surface area (TPSA) is 66.5 Å². The Morgan fingerprint density at radius 2 is 2.38 bits per heavy atom. The van der Waals surface area contributed by atoms with Crippen LogP contribution in [0, 0.1) is 0 Å². The lowest BCUT2D eigenvalue weighted by molar-refractivity contribution is 0.264. The minimum absolute atomic E-state index is 0.418. The molecule has 0 amide bonds. The van der Waals surface area contributed by atoms with E-state index in [-0.39, 0.29) is 0 Å². The summed E-state index contributed by atoms with van der Waals surface area (Å²) >= 11 is 1.87. The Bertz CT molecular complexity index is 608. The standard InChI is InChI=1S/C15H19N5S/c16-15(19-14-3-1-2-6-17-14)18-7-9-20-8-4-13-12(11-20)5-10-21-13/h1-3,5-6,10H,4,7-9,11H2,(H3,16,17,18,19). The van der Waals surface area contributed by atoms with Gasteiger partial charge in [0.05, 0.1) is 6.54 Å². The van der Waals surface area contributed by atoms with Crippen molar-refractivity contribution in [2.24, 2.45) is 10.7 Å². The first kappa shape index (κ1) is 14.0. The van der Waals surface area contributed by atoms with Crippen LogP contribution in [-0.4, -0.2) is 35.5 Å². The highest BCUT2D eigenvalue weighted by Gasteiger charge is 2.16. The molecule has 0 radical (unpaired) electrons. The number of hydrogen-bond donors (Lipinski definition) is 2. The third kappa shape index (κ3) is 3.80. The van der Waals surface area contributed by atoms with Gasteiger partial charge in [-0.2, -0.15) is 0 Å². The zero-order chi connectivity index (χ0) is 14.5. The monoisotopic (exact) mass is 301 g/mol. The number of guanidine groups is 1. The van der Waals surface area contributed by atoms with E-state index in [0.717, 1.165) is 31.9 Å². The van der Waals surface area contributed by atoms with Crippen LogP contribution in [0.3, 0.4) is 0 Å². The summed E-state index contributed by atoms with van der Waals surface area (Å²) in [6.07, 6.45) is 2.88.